The fraction of sp³-hybridized carbons (Fsp3) is 0.300. The molecule has 0 fully saturated rings. The number of carbonyl (C=O) groups excluding carboxylic acids is 1. The van der Waals surface area contributed by atoms with Crippen molar-refractivity contribution < 1.29 is 66.5 Å². The molecule has 0 aliphatic carbocycles. The van der Waals surface area contributed by atoms with Gasteiger partial charge in [-0.25, -0.2) is 0 Å². The monoisotopic (exact) mass is 567 g/mol. The van der Waals surface area contributed by atoms with Gasteiger partial charge in [0.05, 0.1) is 13.2 Å². The first-order valence-corrected chi connectivity index (χ1v) is 11.1. The third-order valence-electron chi connectivity index (χ3n) is 4.11. The van der Waals surface area contributed by atoms with Crippen LogP contribution < -0.4 is 9.47 Å². The Morgan fingerprint density at radius 1 is 0.703 bits per heavy atom. The fourth-order valence-corrected chi connectivity index (χ4v) is 2.67. The molecule has 0 spiro atoms. The van der Waals surface area contributed by atoms with Gasteiger partial charge in [0.2, 0.25) is 0 Å². The molecule has 0 aliphatic rings. The van der Waals surface area contributed by atoms with Gasteiger partial charge in [0, 0.05) is 17.5 Å². The molecule has 0 radical (unpaired) electrons. The van der Waals surface area contributed by atoms with E-state index in [0.29, 0.717) is 0 Å². The van der Waals surface area contributed by atoms with Crippen LogP contribution in [0.1, 0.15) is 22.3 Å². The molecule has 0 aromatic heterocycles. The number of nitrogens with zero attached hydrogens (tertiary/aromatic N) is 1. The standard InChI is InChI=1S/C20H14F9NO6S/c21-18(22,23)16(30-36-37(32,33)20(27,28)29)12-2-6-14(7-3-12)34-10-1-11-35-15-8-4-13(5-9-15)17(31)19(24,25)26/h2-9H,1,10-11H2. The molecule has 0 aliphatic heterocycles. The van der Waals surface area contributed by atoms with Crippen molar-refractivity contribution in [3.8, 4) is 11.5 Å². The molecule has 0 atom stereocenters. The summed E-state index contributed by atoms with van der Waals surface area (Å²) in [5.41, 5.74) is -9.40. The van der Waals surface area contributed by atoms with Gasteiger partial charge in [-0.1, -0.05) is 5.16 Å². The van der Waals surface area contributed by atoms with E-state index in [-0.39, 0.29) is 31.1 Å². The number of carbonyl (C=O) groups is 1. The molecular formula is C20H14F9NO6S. The molecule has 2 aromatic carbocycles. The lowest BCUT2D eigenvalue weighted by molar-refractivity contribution is -0.0885. The van der Waals surface area contributed by atoms with Crippen LogP contribution in [0, 0.1) is 0 Å². The molecule has 0 saturated carbocycles. The number of ketones is 1. The molecule has 2 aromatic rings. The van der Waals surface area contributed by atoms with Crippen LogP contribution in [0.25, 0.3) is 0 Å². The summed E-state index contributed by atoms with van der Waals surface area (Å²) in [5, 5.41) is 2.13. The zero-order valence-corrected chi connectivity index (χ0v) is 18.8. The summed E-state index contributed by atoms with van der Waals surface area (Å²) in [4.78, 5) is 11.1. The molecule has 204 valence electrons. The zero-order chi connectivity index (χ0) is 28.1. The molecule has 0 N–H and O–H groups in total. The molecule has 0 bridgehead atoms. The summed E-state index contributed by atoms with van der Waals surface area (Å²) in [6.07, 6.45) is -10.2. The highest BCUT2D eigenvalue weighted by Gasteiger charge is 2.50. The predicted molar refractivity (Wildman–Crippen MR) is 108 cm³/mol. The fourth-order valence-electron chi connectivity index (χ4n) is 2.41. The number of alkyl halides is 9. The van der Waals surface area contributed by atoms with Crippen molar-refractivity contribution in [2.24, 2.45) is 5.16 Å². The van der Waals surface area contributed by atoms with Crippen LogP contribution in [-0.4, -0.2) is 51.0 Å². The van der Waals surface area contributed by atoms with E-state index in [2.05, 4.69) is 9.44 Å². The van der Waals surface area contributed by atoms with E-state index >= 15 is 0 Å². The van der Waals surface area contributed by atoms with E-state index in [1.807, 2.05) is 0 Å². The SMILES string of the molecule is O=C(c1ccc(OCCCOc2ccc(C(=NOS(=O)(=O)C(F)(F)F)C(F)(F)F)cc2)cc1)C(F)(F)F. The van der Waals surface area contributed by atoms with Crippen LogP contribution in [-0.2, 0) is 14.4 Å². The first kappa shape index (κ1) is 29.7. The summed E-state index contributed by atoms with van der Waals surface area (Å²) in [6, 6.07) is 7.70. The second-order valence-corrected chi connectivity index (χ2v) is 8.36. The van der Waals surface area contributed by atoms with Gasteiger partial charge >= 0.3 is 28.0 Å². The molecule has 0 saturated heterocycles. The number of benzene rings is 2. The second kappa shape index (κ2) is 11.3. The molecule has 17 heteroatoms. The van der Waals surface area contributed by atoms with Crippen LogP contribution in [0.4, 0.5) is 39.5 Å². The van der Waals surface area contributed by atoms with Crippen molar-refractivity contribution in [1.82, 2.24) is 0 Å². The van der Waals surface area contributed by atoms with Gasteiger partial charge in [-0.05, 0) is 48.5 Å². The average molecular weight is 567 g/mol. The Labute approximate surface area is 202 Å². The maximum Gasteiger partial charge on any atom is 0.536 e. The molecule has 2 rings (SSSR count). The van der Waals surface area contributed by atoms with E-state index in [9.17, 15) is 52.7 Å². The normalized spacial score (nSPS) is 13.3. The maximum absolute atomic E-state index is 13.1. The Bertz CT molecular complexity index is 1200. The summed E-state index contributed by atoms with van der Waals surface area (Å²) in [6.45, 7) is -0.0162. The Hall–Kier alpha value is -3.50. The minimum absolute atomic E-state index is 0.0144. The minimum Gasteiger partial charge on any atom is -0.493 e. The molecule has 0 amide bonds. The van der Waals surface area contributed by atoms with Crippen LogP contribution >= 0.6 is 0 Å². The van der Waals surface area contributed by atoms with E-state index in [4.69, 9.17) is 9.47 Å². The smallest absolute Gasteiger partial charge is 0.493 e. The van der Waals surface area contributed by atoms with E-state index in [1.165, 1.54) is 0 Å². The largest absolute Gasteiger partial charge is 0.536 e. The highest BCUT2D eigenvalue weighted by molar-refractivity contribution is 7.87. The van der Waals surface area contributed by atoms with E-state index in [0.717, 1.165) is 48.5 Å². The number of Topliss-reactive ketones (excluding diaryl/α,β-unsaturated/α-hetero) is 1. The van der Waals surface area contributed by atoms with Gasteiger partial charge in [0.25, 0.3) is 5.78 Å². The molecule has 7 nitrogen and oxygen atoms in total. The topological polar surface area (TPSA) is 91.3 Å². The first-order valence-electron chi connectivity index (χ1n) is 9.64. The van der Waals surface area contributed by atoms with Crippen molar-refractivity contribution in [2.45, 2.75) is 24.3 Å². The molecule has 0 unspecified atom stereocenters. The molecular weight excluding hydrogens is 553 g/mol. The third-order valence-corrected chi connectivity index (χ3v) is 4.94. The van der Waals surface area contributed by atoms with Crippen molar-refractivity contribution in [2.75, 3.05) is 13.2 Å². The van der Waals surface area contributed by atoms with Crippen molar-refractivity contribution in [3.63, 3.8) is 0 Å². The number of rotatable bonds is 10. The summed E-state index contributed by atoms with van der Waals surface area (Å²) in [5.74, 6) is -1.81. The van der Waals surface area contributed by atoms with Crippen LogP contribution in [0.15, 0.2) is 53.7 Å². The first-order chi connectivity index (χ1) is 16.9. The van der Waals surface area contributed by atoms with Crippen molar-refractivity contribution >= 4 is 21.6 Å². The maximum atomic E-state index is 13.1. The minimum atomic E-state index is -6.40. The third kappa shape index (κ3) is 8.54. The summed E-state index contributed by atoms with van der Waals surface area (Å²) < 4.78 is 149. The number of hydrogen-bond acceptors (Lipinski definition) is 7. The van der Waals surface area contributed by atoms with Gasteiger partial charge in [-0.15, -0.1) is 0 Å². The highest BCUT2D eigenvalue weighted by Crippen LogP contribution is 2.28. The molecule has 37 heavy (non-hydrogen) atoms. The predicted octanol–water partition coefficient (Wildman–Crippen LogP) is 5.41. The Balaban J connectivity index is 1.91. The lowest BCUT2D eigenvalue weighted by atomic mass is 10.1. The quantitative estimate of drug-likeness (QED) is 0.0953. The van der Waals surface area contributed by atoms with Crippen molar-refractivity contribution in [1.29, 1.82) is 0 Å². The Morgan fingerprint density at radius 3 is 1.51 bits per heavy atom. The van der Waals surface area contributed by atoms with E-state index < -0.39 is 50.6 Å². The second-order valence-electron chi connectivity index (χ2n) is 6.84. The molecule has 0 heterocycles. The van der Waals surface area contributed by atoms with Gasteiger partial charge in [-0.2, -0.15) is 47.9 Å². The van der Waals surface area contributed by atoms with E-state index in [1.54, 1.807) is 0 Å². The van der Waals surface area contributed by atoms with Gasteiger partial charge in [0.1, 0.15) is 11.5 Å². The van der Waals surface area contributed by atoms with Gasteiger partial charge in [-0.3, -0.25) is 9.08 Å². The highest BCUT2D eigenvalue weighted by atomic mass is 32.2. The van der Waals surface area contributed by atoms with Crippen molar-refractivity contribution in [3.05, 3.63) is 59.7 Å². The van der Waals surface area contributed by atoms with Crippen LogP contribution in [0.5, 0.6) is 11.5 Å². The summed E-state index contributed by atoms with van der Waals surface area (Å²) in [7, 11) is -6.40. The Morgan fingerprint density at radius 2 is 1.14 bits per heavy atom. The summed E-state index contributed by atoms with van der Waals surface area (Å²) >= 11 is 0. The van der Waals surface area contributed by atoms with Gasteiger partial charge in [0.15, 0.2) is 5.71 Å². The number of hydrogen-bond donors (Lipinski definition) is 0. The van der Waals surface area contributed by atoms with Crippen LogP contribution in [0.2, 0.25) is 0 Å². The zero-order valence-electron chi connectivity index (χ0n) is 17.9. The average Bonchev–Trinajstić information content (AvgIpc) is 2.77. The van der Waals surface area contributed by atoms with Gasteiger partial charge < -0.3 is 9.47 Å². The number of ether oxygens (including phenoxy) is 2. The number of oxime groups is 1. The lowest BCUT2D eigenvalue weighted by Gasteiger charge is -2.12. The lowest BCUT2D eigenvalue weighted by Crippen LogP contribution is -2.28. The van der Waals surface area contributed by atoms with Crippen LogP contribution in [0.3, 0.4) is 0 Å². The number of halogens is 9. The Kier molecular flexibility index (Phi) is 9.05.